The van der Waals surface area contributed by atoms with Gasteiger partial charge in [0.25, 0.3) is 0 Å². The van der Waals surface area contributed by atoms with Crippen molar-refractivity contribution in [2.24, 2.45) is 0 Å². The zero-order valence-electron chi connectivity index (χ0n) is 12.5. The van der Waals surface area contributed by atoms with Crippen LogP contribution in [-0.4, -0.2) is 25.8 Å². The summed E-state index contributed by atoms with van der Waals surface area (Å²) in [4.78, 5) is 13.9. The van der Waals surface area contributed by atoms with E-state index in [4.69, 9.17) is 16.3 Å². The number of carbonyl (C=O) groups is 1. The monoisotopic (exact) mass is 318 g/mol. The van der Waals surface area contributed by atoms with Crippen molar-refractivity contribution in [3.8, 4) is 0 Å². The highest BCUT2D eigenvalue weighted by Gasteiger charge is 2.06. The van der Waals surface area contributed by atoms with E-state index in [9.17, 15) is 4.79 Å². The van der Waals surface area contributed by atoms with Gasteiger partial charge in [0, 0.05) is 22.9 Å². The molecule has 0 aliphatic carbocycles. The van der Waals surface area contributed by atoms with Crippen LogP contribution in [-0.2, 0) is 4.74 Å². The molecule has 2 aromatic rings. The molecule has 0 heterocycles. The Labute approximate surface area is 135 Å². The lowest BCUT2D eigenvalue weighted by Gasteiger charge is -2.22. The number of carbonyl (C=O) groups excluding carboxylic acids is 1. The highest BCUT2D eigenvalue weighted by atomic mass is 35.5. The Morgan fingerprint density at radius 2 is 1.82 bits per heavy atom. The molecule has 0 unspecified atom stereocenters. The second kappa shape index (κ2) is 8.29. The van der Waals surface area contributed by atoms with Crippen molar-refractivity contribution in [1.29, 1.82) is 0 Å². The summed E-state index contributed by atoms with van der Waals surface area (Å²) < 4.78 is 5.21. The van der Waals surface area contributed by atoms with Gasteiger partial charge in [-0.25, -0.2) is 4.79 Å². The van der Waals surface area contributed by atoms with E-state index < -0.39 is 6.09 Å². The van der Waals surface area contributed by atoms with Crippen LogP contribution in [0, 0.1) is 0 Å². The van der Waals surface area contributed by atoms with Gasteiger partial charge in [0.1, 0.15) is 6.61 Å². The largest absolute Gasteiger partial charge is 0.447 e. The molecule has 22 heavy (non-hydrogen) atoms. The third-order valence-electron chi connectivity index (χ3n) is 3.19. The lowest BCUT2D eigenvalue weighted by molar-refractivity contribution is 0.164. The number of halogens is 1. The number of hydrogen-bond donors (Lipinski definition) is 1. The summed E-state index contributed by atoms with van der Waals surface area (Å²) in [6.07, 6.45) is -0.466. The van der Waals surface area contributed by atoms with Gasteiger partial charge >= 0.3 is 6.09 Å². The standard InChI is InChI=1S/C17H19ClN2O2/c1-2-20(16-6-4-3-5-7-16)12-13-22-17(21)19-15-10-8-14(18)9-11-15/h3-11H,2,12-13H2,1H3,(H,19,21). The molecule has 4 nitrogen and oxygen atoms in total. The molecule has 0 aliphatic rings. The van der Waals surface area contributed by atoms with E-state index in [0.717, 1.165) is 12.2 Å². The van der Waals surface area contributed by atoms with Crippen LogP contribution in [0.2, 0.25) is 5.02 Å². The van der Waals surface area contributed by atoms with Gasteiger partial charge in [-0.1, -0.05) is 29.8 Å². The zero-order chi connectivity index (χ0) is 15.8. The van der Waals surface area contributed by atoms with Crippen molar-refractivity contribution in [2.75, 3.05) is 29.9 Å². The lowest BCUT2D eigenvalue weighted by atomic mass is 10.3. The number of rotatable bonds is 6. The van der Waals surface area contributed by atoms with E-state index in [1.165, 1.54) is 0 Å². The zero-order valence-corrected chi connectivity index (χ0v) is 13.2. The first-order valence-electron chi connectivity index (χ1n) is 7.18. The maximum absolute atomic E-state index is 11.7. The molecule has 0 bridgehead atoms. The number of benzene rings is 2. The van der Waals surface area contributed by atoms with Crippen molar-refractivity contribution in [1.82, 2.24) is 0 Å². The predicted octanol–water partition coefficient (Wildman–Crippen LogP) is 4.42. The number of nitrogens with one attached hydrogen (secondary N) is 1. The SMILES string of the molecule is CCN(CCOC(=O)Nc1ccc(Cl)cc1)c1ccccc1. The molecule has 0 spiro atoms. The van der Waals surface area contributed by atoms with Crippen LogP contribution in [0.25, 0.3) is 0 Å². The number of para-hydroxylation sites is 1. The van der Waals surface area contributed by atoms with Crippen molar-refractivity contribution < 1.29 is 9.53 Å². The summed E-state index contributed by atoms with van der Waals surface area (Å²) >= 11 is 5.79. The van der Waals surface area contributed by atoms with Gasteiger partial charge in [0.15, 0.2) is 0 Å². The van der Waals surface area contributed by atoms with Crippen molar-refractivity contribution in [3.05, 3.63) is 59.6 Å². The third-order valence-corrected chi connectivity index (χ3v) is 3.44. The van der Waals surface area contributed by atoms with E-state index in [1.807, 2.05) is 30.3 Å². The summed E-state index contributed by atoms with van der Waals surface area (Å²) in [7, 11) is 0. The van der Waals surface area contributed by atoms with E-state index in [2.05, 4.69) is 17.1 Å². The van der Waals surface area contributed by atoms with Crippen LogP contribution in [0.5, 0.6) is 0 Å². The number of anilines is 2. The first kappa shape index (κ1) is 16.2. The normalized spacial score (nSPS) is 10.1. The first-order valence-corrected chi connectivity index (χ1v) is 7.56. The molecule has 0 aromatic heterocycles. The molecule has 1 N–H and O–H groups in total. The van der Waals surface area contributed by atoms with Gasteiger partial charge in [-0.3, -0.25) is 5.32 Å². The molecule has 2 aromatic carbocycles. The summed E-state index contributed by atoms with van der Waals surface area (Å²) in [6.45, 7) is 3.89. The van der Waals surface area contributed by atoms with E-state index in [0.29, 0.717) is 23.9 Å². The Balaban J connectivity index is 1.77. The first-order chi connectivity index (χ1) is 10.7. The highest BCUT2D eigenvalue weighted by Crippen LogP contribution is 2.14. The minimum atomic E-state index is -0.466. The molecule has 0 saturated heterocycles. The summed E-state index contributed by atoms with van der Waals surface area (Å²) in [5, 5.41) is 3.29. The Morgan fingerprint density at radius 1 is 1.14 bits per heavy atom. The molecule has 116 valence electrons. The molecular weight excluding hydrogens is 300 g/mol. The van der Waals surface area contributed by atoms with Crippen LogP contribution in [0.3, 0.4) is 0 Å². The average Bonchev–Trinajstić information content (AvgIpc) is 2.54. The van der Waals surface area contributed by atoms with Crippen LogP contribution < -0.4 is 10.2 Å². The van der Waals surface area contributed by atoms with E-state index >= 15 is 0 Å². The Morgan fingerprint density at radius 3 is 2.45 bits per heavy atom. The highest BCUT2D eigenvalue weighted by molar-refractivity contribution is 6.30. The average molecular weight is 319 g/mol. The molecule has 0 atom stereocenters. The second-order valence-electron chi connectivity index (χ2n) is 4.68. The maximum Gasteiger partial charge on any atom is 0.411 e. The minimum absolute atomic E-state index is 0.322. The topological polar surface area (TPSA) is 41.6 Å². The van der Waals surface area contributed by atoms with Crippen LogP contribution >= 0.6 is 11.6 Å². The second-order valence-corrected chi connectivity index (χ2v) is 5.12. The van der Waals surface area contributed by atoms with E-state index in [-0.39, 0.29) is 0 Å². The van der Waals surface area contributed by atoms with E-state index in [1.54, 1.807) is 24.3 Å². The quantitative estimate of drug-likeness (QED) is 0.857. The molecule has 0 fully saturated rings. The van der Waals surface area contributed by atoms with Crippen molar-refractivity contribution in [3.63, 3.8) is 0 Å². The van der Waals surface area contributed by atoms with Gasteiger partial charge in [-0.05, 0) is 43.3 Å². The summed E-state index contributed by atoms with van der Waals surface area (Å²) in [5.41, 5.74) is 1.77. The molecule has 2 rings (SSSR count). The number of nitrogens with zero attached hydrogens (tertiary/aromatic N) is 1. The fourth-order valence-electron chi connectivity index (χ4n) is 2.04. The van der Waals surface area contributed by atoms with Crippen molar-refractivity contribution >= 4 is 29.1 Å². The molecule has 0 aliphatic heterocycles. The fraction of sp³-hybridized carbons (Fsp3) is 0.235. The van der Waals surface area contributed by atoms with Gasteiger partial charge < -0.3 is 9.64 Å². The fourth-order valence-corrected chi connectivity index (χ4v) is 2.17. The molecule has 0 saturated carbocycles. The van der Waals surface area contributed by atoms with Gasteiger partial charge in [0.2, 0.25) is 0 Å². The third kappa shape index (κ3) is 4.97. The maximum atomic E-state index is 11.7. The number of amides is 1. The van der Waals surface area contributed by atoms with Gasteiger partial charge in [0.05, 0.1) is 6.54 Å². The van der Waals surface area contributed by atoms with Gasteiger partial charge in [-0.2, -0.15) is 0 Å². The van der Waals surface area contributed by atoms with Crippen molar-refractivity contribution in [2.45, 2.75) is 6.92 Å². The van der Waals surface area contributed by atoms with Gasteiger partial charge in [-0.15, -0.1) is 0 Å². The Bertz CT molecular complexity index is 587. The van der Waals surface area contributed by atoms with Crippen LogP contribution in [0.4, 0.5) is 16.2 Å². The molecule has 0 radical (unpaired) electrons. The predicted molar refractivity (Wildman–Crippen MR) is 90.8 cm³/mol. The number of ether oxygens (including phenoxy) is 1. The molecule has 5 heteroatoms. The Kier molecular flexibility index (Phi) is 6.10. The minimum Gasteiger partial charge on any atom is -0.447 e. The van der Waals surface area contributed by atoms with Crippen LogP contribution in [0.15, 0.2) is 54.6 Å². The number of likely N-dealkylation sites (N-methyl/N-ethyl adjacent to an activating group) is 1. The number of hydrogen-bond acceptors (Lipinski definition) is 3. The molecular formula is C17H19ClN2O2. The van der Waals surface area contributed by atoms with Crippen LogP contribution in [0.1, 0.15) is 6.92 Å². The summed E-state index contributed by atoms with van der Waals surface area (Å²) in [6, 6.07) is 16.9. The molecule has 1 amide bonds. The Hall–Kier alpha value is -2.20. The smallest absolute Gasteiger partial charge is 0.411 e. The lowest BCUT2D eigenvalue weighted by Crippen LogP contribution is -2.28. The summed E-state index contributed by atoms with van der Waals surface area (Å²) in [5.74, 6) is 0.